The predicted octanol–water partition coefficient (Wildman–Crippen LogP) is 5.00. The molecule has 1 heterocycles. The normalized spacial score (nSPS) is 10.4. The highest BCUT2D eigenvalue weighted by molar-refractivity contribution is 6.39. The van der Waals surface area contributed by atoms with Crippen LogP contribution in [0, 0.1) is 0 Å². The maximum Gasteiger partial charge on any atom is 0.255 e. The number of unbranched alkanes of at least 4 members (excludes halogenated alkanes) is 1. The SMILES string of the molecule is CCCCN(C)C(=O)c1cncc(Nc2c(Cl)cccc2Cl)c1. The summed E-state index contributed by atoms with van der Waals surface area (Å²) < 4.78 is 0. The number of halogens is 2. The van der Waals surface area contributed by atoms with Crippen molar-refractivity contribution in [2.45, 2.75) is 19.8 Å². The molecule has 0 atom stereocenters. The van der Waals surface area contributed by atoms with E-state index in [9.17, 15) is 4.79 Å². The van der Waals surface area contributed by atoms with E-state index < -0.39 is 0 Å². The smallest absolute Gasteiger partial charge is 0.255 e. The molecule has 0 radical (unpaired) electrons. The molecule has 0 aliphatic carbocycles. The third-order valence-corrected chi connectivity index (χ3v) is 4.04. The Morgan fingerprint density at radius 1 is 1.26 bits per heavy atom. The van der Waals surface area contributed by atoms with E-state index in [1.807, 2.05) is 0 Å². The van der Waals surface area contributed by atoms with Gasteiger partial charge in [0.05, 0.1) is 33.2 Å². The minimum Gasteiger partial charge on any atom is -0.352 e. The highest BCUT2D eigenvalue weighted by Crippen LogP contribution is 2.32. The Morgan fingerprint density at radius 3 is 2.61 bits per heavy atom. The first kappa shape index (κ1) is 17.6. The van der Waals surface area contributed by atoms with Crippen molar-refractivity contribution in [2.24, 2.45) is 0 Å². The molecule has 1 amide bonds. The van der Waals surface area contributed by atoms with E-state index in [2.05, 4.69) is 17.2 Å². The molecule has 1 N–H and O–H groups in total. The minimum absolute atomic E-state index is 0.0557. The van der Waals surface area contributed by atoms with Crippen molar-refractivity contribution < 1.29 is 4.79 Å². The Kier molecular flexibility index (Phi) is 6.25. The van der Waals surface area contributed by atoms with Crippen LogP contribution in [-0.2, 0) is 0 Å². The number of aromatic nitrogens is 1. The van der Waals surface area contributed by atoms with Crippen molar-refractivity contribution >= 4 is 40.5 Å². The van der Waals surface area contributed by atoms with E-state index in [1.54, 1.807) is 48.6 Å². The lowest BCUT2D eigenvalue weighted by Crippen LogP contribution is -2.27. The van der Waals surface area contributed by atoms with E-state index in [1.165, 1.54) is 0 Å². The van der Waals surface area contributed by atoms with Gasteiger partial charge in [-0.05, 0) is 24.6 Å². The van der Waals surface area contributed by atoms with Gasteiger partial charge in [-0.3, -0.25) is 9.78 Å². The maximum atomic E-state index is 12.4. The molecular weight excluding hydrogens is 333 g/mol. The fourth-order valence-electron chi connectivity index (χ4n) is 2.10. The van der Waals surface area contributed by atoms with Crippen molar-refractivity contribution in [3.8, 4) is 0 Å². The van der Waals surface area contributed by atoms with Crippen LogP contribution in [0.2, 0.25) is 10.0 Å². The fourth-order valence-corrected chi connectivity index (χ4v) is 2.60. The summed E-state index contributed by atoms with van der Waals surface area (Å²) >= 11 is 12.3. The highest BCUT2D eigenvalue weighted by Gasteiger charge is 2.13. The van der Waals surface area contributed by atoms with Crippen LogP contribution in [0.25, 0.3) is 0 Å². The predicted molar refractivity (Wildman–Crippen MR) is 95.9 cm³/mol. The number of anilines is 2. The van der Waals surface area contributed by atoms with Crippen molar-refractivity contribution in [3.05, 3.63) is 52.3 Å². The summed E-state index contributed by atoms with van der Waals surface area (Å²) in [5.74, 6) is -0.0557. The molecule has 0 spiro atoms. The monoisotopic (exact) mass is 351 g/mol. The Bertz CT molecular complexity index is 671. The van der Waals surface area contributed by atoms with E-state index >= 15 is 0 Å². The second-order valence-electron chi connectivity index (χ2n) is 5.26. The Labute approximate surface area is 146 Å². The van der Waals surface area contributed by atoms with E-state index in [0.29, 0.717) is 27.0 Å². The number of carbonyl (C=O) groups excluding carboxylic acids is 1. The van der Waals surface area contributed by atoms with Gasteiger partial charge in [0.2, 0.25) is 0 Å². The number of nitrogens with zero attached hydrogens (tertiary/aromatic N) is 2. The molecule has 0 aliphatic rings. The number of para-hydroxylation sites is 1. The number of nitrogens with one attached hydrogen (secondary N) is 1. The fraction of sp³-hybridized carbons (Fsp3) is 0.294. The summed E-state index contributed by atoms with van der Waals surface area (Å²) in [4.78, 5) is 18.2. The van der Waals surface area contributed by atoms with Crippen LogP contribution in [0.15, 0.2) is 36.7 Å². The molecule has 0 saturated carbocycles. The number of pyridine rings is 1. The minimum atomic E-state index is -0.0557. The number of hydrogen-bond acceptors (Lipinski definition) is 3. The zero-order valence-electron chi connectivity index (χ0n) is 13.1. The number of benzene rings is 1. The quantitative estimate of drug-likeness (QED) is 0.795. The molecular formula is C17H19Cl2N3O. The van der Waals surface area contributed by atoms with Gasteiger partial charge in [0.1, 0.15) is 0 Å². The Hall–Kier alpha value is -1.78. The average molecular weight is 352 g/mol. The lowest BCUT2D eigenvalue weighted by molar-refractivity contribution is 0.0793. The molecule has 4 nitrogen and oxygen atoms in total. The molecule has 1 aromatic carbocycles. The van der Waals surface area contributed by atoms with Gasteiger partial charge in [-0.25, -0.2) is 0 Å². The molecule has 0 bridgehead atoms. The van der Waals surface area contributed by atoms with Crippen LogP contribution in [0.4, 0.5) is 11.4 Å². The summed E-state index contributed by atoms with van der Waals surface area (Å²) in [5, 5.41) is 4.14. The molecule has 0 aliphatic heterocycles. The van der Waals surface area contributed by atoms with Crippen LogP contribution < -0.4 is 5.32 Å². The summed E-state index contributed by atoms with van der Waals surface area (Å²) in [6.45, 7) is 2.82. The largest absolute Gasteiger partial charge is 0.352 e. The van der Waals surface area contributed by atoms with Gasteiger partial charge in [-0.2, -0.15) is 0 Å². The Morgan fingerprint density at radius 2 is 1.96 bits per heavy atom. The maximum absolute atomic E-state index is 12.4. The molecule has 122 valence electrons. The summed E-state index contributed by atoms with van der Waals surface area (Å²) in [6, 6.07) is 7.02. The molecule has 0 saturated heterocycles. The van der Waals surface area contributed by atoms with E-state index in [0.717, 1.165) is 19.4 Å². The van der Waals surface area contributed by atoms with Gasteiger partial charge >= 0.3 is 0 Å². The number of carbonyl (C=O) groups is 1. The van der Waals surface area contributed by atoms with Crippen molar-refractivity contribution in [1.82, 2.24) is 9.88 Å². The van der Waals surface area contributed by atoms with Crippen molar-refractivity contribution in [3.63, 3.8) is 0 Å². The number of amides is 1. The lowest BCUT2D eigenvalue weighted by Gasteiger charge is -2.17. The summed E-state index contributed by atoms with van der Waals surface area (Å²) in [5.41, 5.74) is 1.79. The first-order chi connectivity index (χ1) is 11.0. The number of rotatable bonds is 6. The second-order valence-corrected chi connectivity index (χ2v) is 6.08. The topological polar surface area (TPSA) is 45.2 Å². The van der Waals surface area contributed by atoms with Gasteiger partial charge < -0.3 is 10.2 Å². The number of hydrogen-bond donors (Lipinski definition) is 1. The summed E-state index contributed by atoms with van der Waals surface area (Å²) in [7, 11) is 1.79. The standard InChI is InChI=1S/C17H19Cl2N3O/c1-3-4-8-22(2)17(23)12-9-13(11-20-10-12)21-16-14(18)6-5-7-15(16)19/h5-7,9-11,21H,3-4,8H2,1-2H3. The third-order valence-electron chi connectivity index (χ3n) is 3.41. The Balaban J connectivity index is 2.18. The molecule has 6 heteroatoms. The molecule has 1 aromatic heterocycles. The summed E-state index contributed by atoms with van der Waals surface area (Å²) in [6.07, 6.45) is 5.21. The van der Waals surface area contributed by atoms with Gasteiger partial charge in [-0.1, -0.05) is 42.6 Å². The second kappa shape index (κ2) is 8.18. The first-order valence-corrected chi connectivity index (χ1v) is 8.20. The van der Waals surface area contributed by atoms with Crippen LogP contribution >= 0.6 is 23.2 Å². The van der Waals surface area contributed by atoms with Crippen molar-refractivity contribution in [1.29, 1.82) is 0 Å². The molecule has 2 rings (SSSR count). The zero-order valence-corrected chi connectivity index (χ0v) is 14.7. The van der Waals surface area contributed by atoms with Crippen LogP contribution in [0.1, 0.15) is 30.1 Å². The average Bonchev–Trinajstić information content (AvgIpc) is 2.55. The van der Waals surface area contributed by atoms with Crippen LogP contribution in [0.5, 0.6) is 0 Å². The van der Waals surface area contributed by atoms with Crippen molar-refractivity contribution in [2.75, 3.05) is 18.9 Å². The molecule has 2 aromatic rings. The van der Waals surface area contributed by atoms with Crippen LogP contribution in [0.3, 0.4) is 0 Å². The van der Waals surface area contributed by atoms with Gasteiger partial charge in [-0.15, -0.1) is 0 Å². The lowest BCUT2D eigenvalue weighted by atomic mass is 10.2. The van der Waals surface area contributed by atoms with Gasteiger partial charge in [0, 0.05) is 19.8 Å². The molecule has 0 fully saturated rings. The van der Waals surface area contributed by atoms with Crippen LogP contribution in [-0.4, -0.2) is 29.4 Å². The van der Waals surface area contributed by atoms with Gasteiger partial charge in [0.25, 0.3) is 5.91 Å². The first-order valence-electron chi connectivity index (χ1n) is 7.44. The highest BCUT2D eigenvalue weighted by atomic mass is 35.5. The third kappa shape index (κ3) is 4.60. The zero-order chi connectivity index (χ0) is 16.8. The van der Waals surface area contributed by atoms with E-state index in [4.69, 9.17) is 23.2 Å². The van der Waals surface area contributed by atoms with Gasteiger partial charge in [0.15, 0.2) is 0 Å². The molecule has 23 heavy (non-hydrogen) atoms. The van der Waals surface area contributed by atoms with E-state index in [-0.39, 0.29) is 5.91 Å². The molecule has 0 unspecified atom stereocenters.